The third kappa shape index (κ3) is 2.52. The molecule has 1 atom stereocenters. The van der Waals surface area contributed by atoms with E-state index in [0.29, 0.717) is 5.25 Å². The van der Waals surface area contributed by atoms with Gasteiger partial charge in [-0.15, -0.1) is 18.3 Å². The summed E-state index contributed by atoms with van der Waals surface area (Å²) >= 11 is 1.74. The highest BCUT2D eigenvalue weighted by atomic mass is 32.2. The Morgan fingerprint density at radius 3 is 2.85 bits per heavy atom. The molecule has 70 valence electrons. The van der Waals surface area contributed by atoms with Gasteiger partial charge in [-0.05, 0) is 25.5 Å². The van der Waals surface area contributed by atoms with E-state index in [1.54, 1.807) is 11.8 Å². The quantitative estimate of drug-likeness (QED) is 0.453. The van der Waals surface area contributed by atoms with Crippen LogP contribution in [0.15, 0.2) is 35.7 Å². The van der Waals surface area contributed by atoms with E-state index in [-0.39, 0.29) is 0 Å². The number of benzene rings is 1. The summed E-state index contributed by atoms with van der Waals surface area (Å²) in [5.74, 6) is 0. The molecule has 0 bridgehead atoms. The van der Waals surface area contributed by atoms with Crippen molar-refractivity contribution in [2.75, 3.05) is 5.73 Å². The van der Waals surface area contributed by atoms with Gasteiger partial charge >= 0.3 is 0 Å². The number of aryl methyl sites for hydroxylation is 1. The highest BCUT2D eigenvalue weighted by Crippen LogP contribution is 2.30. The highest BCUT2D eigenvalue weighted by molar-refractivity contribution is 8.00. The molecule has 0 amide bonds. The summed E-state index contributed by atoms with van der Waals surface area (Å²) in [5.41, 5.74) is 7.96. The van der Waals surface area contributed by atoms with Crippen molar-refractivity contribution in [3.63, 3.8) is 0 Å². The standard InChI is InChI=1S/C11H15NS/c1-4-9(3)13-10-7-5-6-8(2)11(10)12/h4-7,9H,1,12H2,2-3H3. The third-order valence-electron chi connectivity index (χ3n) is 1.93. The Morgan fingerprint density at radius 2 is 2.23 bits per heavy atom. The van der Waals surface area contributed by atoms with Crippen molar-refractivity contribution in [2.24, 2.45) is 0 Å². The first kappa shape index (κ1) is 10.2. The molecule has 1 unspecified atom stereocenters. The molecule has 0 fully saturated rings. The van der Waals surface area contributed by atoms with Crippen LogP contribution >= 0.6 is 11.8 Å². The summed E-state index contributed by atoms with van der Waals surface area (Å²) in [6.45, 7) is 7.88. The lowest BCUT2D eigenvalue weighted by Gasteiger charge is -2.10. The topological polar surface area (TPSA) is 26.0 Å². The van der Waals surface area contributed by atoms with E-state index in [2.05, 4.69) is 13.5 Å². The van der Waals surface area contributed by atoms with Gasteiger partial charge in [0.1, 0.15) is 0 Å². The number of para-hydroxylation sites is 1. The van der Waals surface area contributed by atoms with Crippen molar-refractivity contribution in [3.05, 3.63) is 36.4 Å². The molecule has 0 spiro atoms. The Bertz CT molecular complexity index is 307. The minimum Gasteiger partial charge on any atom is -0.398 e. The van der Waals surface area contributed by atoms with E-state index < -0.39 is 0 Å². The van der Waals surface area contributed by atoms with Crippen molar-refractivity contribution < 1.29 is 0 Å². The molecule has 0 radical (unpaired) electrons. The van der Waals surface area contributed by atoms with Crippen LogP contribution in [0.4, 0.5) is 5.69 Å². The number of hydrogen-bond donors (Lipinski definition) is 1. The average Bonchev–Trinajstić information content (AvgIpc) is 2.13. The van der Waals surface area contributed by atoms with Crippen LogP contribution in [-0.4, -0.2) is 5.25 Å². The number of rotatable bonds is 3. The summed E-state index contributed by atoms with van der Waals surface area (Å²) < 4.78 is 0. The molecule has 1 aromatic carbocycles. The van der Waals surface area contributed by atoms with Crippen LogP contribution in [0.3, 0.4) is 0 Å². The Kier molecular flexibility index (Phi) is 3.43. The summed E-state index contributed by atoms with van der Waals surface area (Å²) in [6.07, 6.45) is 1.92. The molecule has 2 N–H and O–H groups in total. The lowest BCUT2D eigenvalue weighted by molar-refractivity contribution is 1.24. The van der Waals surface area contributed by atoms with Crippen molar-refractivity contribution in [1.29, 1.82) is 0 Å². The maximum absolute atomic E-state index is 5.93. The predicted octanol–water partition coefficient (Wildman–Crippen LogP) is 3.24. The second-order valence-electron chi connectivity index (χ2n) is 3.05. The monoisotopic (exact) mass is 193 g/mol. The fourth-order valence-corrected chi connectivity index (χ4v) is 1.95. The zero-order valence-corrected chi connectivity index (χ0v) is 8.90. The Labute approximate surface area is 84.0 Å². The fraction of sp³-hybridized carbons (Fsp3) is 0.273. The molecule has 0 heterocycles. The van der Waals surface area contributed by atoms with Crippen LogP contribution in [-0.2, 0) is 0 Å². The number of nitrogen functional groups attached to an aromatic ring is 1. The van der Waals surface area contributed by atoms with Crippen molar-refractivity contribution in [2.45, 2.75) is 24.0 Å². The lowest BCUT2D eigenvalue weighted by Crippen LogP contribution is -1.95. The molecule has 0 saturated carbocycles. The van der Waals surface area contributed by atoms with E-state index in [1.165, 1.54) is 0 Å². The van der Waals surface area contributed by atoms with Crippen LogP contribution in [0.5, 0.6) is 0 Å². The molecule has 0 aromatic heterocycles. The van der Waals surface area contributed by atoms with Crippen LogP contribution in [0.25, 0.3) is 0 Å². The average molecular weight is 193 g/mol. The molecule has 2 heteroatoms. The van der Waals surface area contributed by atoms with E-state index in [1.807, 2.05) is 31.2 Å². The first-order valence-corrected chi connectivity index (χ1v) is 5.17. The Morgan fingerprint density at radius 1 is 1.54 bits per heavy atom. The molecule has 1 nitrogen and oxygen atoms in total. The summed E-state index contributed by atoms with van der Waals surface area (Å²) in [6, 6.07) is 6.11. The third-order valence-corrected chi connectivity index (χ3v) is 3.10. The minimum absolute atomic E-state index is 0.407. The largest absolute Gasteiger partial charge is 0.398 e. The van der Waals surface area contributed by atoms with Gasteiger partial charge in [0.25, 0.3) is 0 Å². The van der Waals surface area contributed by atoms with Gasteiger partial charge in [0.05, 0.1) is 0 Å². The van der Waals surface area contributed by atoms with Crippen molar-refractivity contribution >= 4 is 17.4 Å². The van der Waals surface area contributed by atoms with Crippen molar-refractivity contribution in [1.82, 2.24) is 0 Å². The second kappa shape index (κ2) is 4.38. The van der Waals surface area contributed by atoms with Gasteiger partial charge in [0.15, 0.2) is 0 Å². The Hall–Kier alpha value is -0.890. The van der Waals surface area contributed by atoms with Crippen LogP contribution < -0.4 is 5.73 Å². The smallest absolute Gasteiger partial charge is 0.0482 e. The van der Waals surface area contributed by atoms with E-state index in [0.717, 1.165) is 16.1 Å². The SMILES string of the molecule is C=CC(C)Sc1cccc(C)c1N. The maximum Gasteiger partial charge on any atom is 0.0482 e. The molecular formula is C11H15NS. The van der Waals surface area contributed by atoms with E-state index >= 15 is 0 Å². The van der Waals surface area contributed by atoms with Gasteiger partial charge in [-0.25, -0.2) is 0 Å². The first-order chi connectivity index (χ1) is 6.15. The highest BCUT2D eigenvalue weighted by Gasteiger charge is 2.04. The van der Waals surface area contributed by atoms with Gasteiger partial charge in [0, 0.05) is 15.8 Å². The Balaban J connectivity index is 2.88. The van der Waals surface area contributed by atoms with Gasteiger partial charge in [-0.2, -0.15) is 0 Å². The normalized spacial score (nSPS) is 12.5. The van der Waals surface area contributed by atoms with Gasteiger partial charge in [-0.1, -0.05) is 18.2 Å². The number of thioether (sulfide) groups is 1. The minimum atomic E-state index is 0.407. The summed E-state index contributed by atoms with van der Waals surface area (Å²) in [5, 5.41) is 0.407. The molecule has 0 saturated heterocycles. The number of hydrogen-bond acceptors (Lipinski definition) is 2. The molecule has 0 aliphatic rings. The maximum atomic E-state index is 5.93. The molecule has 1 rings (SSSR count). The summed E-state index contributed by atoms with van der Waals surface area (Å²) in [4.78, 5) is 1.15. The van der Waals surface area contributed by atoms with Crippen molar-refractivity contribution in [3.8, 4) is 0 Å². The predicted molar refractivity (Wildman–Crippen MR) is 61.1 cm³/mol. The fourth-order valence-electron chi connectivity index (χ4n) is 1.00. The van der Waals surface area contributed by atoms with Gasteiger partial charge in [-0.3, -0.25) is 0 Å². The van der Waals surface area contributed by atoms with Crippen LogP contribution in [0.2, 0.25) is 0 Å². The number of anilines is 1. The molecule has 1 aromatic rings. The van der Waals surface area contributed by atoms with Gasteiger partial charge in [0.2, 0.25) is 0 Å². The number of nitrogens with two attached hydrogens (primary N) is 1. The molecule has 13 heavy (non-hydrogen) atoms. The zero-order valence-electron chi connectivity index (χ0n) is 8.08. The lowest BCUT2D eigenvalue weighted by atomic mass is 10.2. The molecular weight excluding hydrogens is 178 g/mol. The summed E-state index contributed by atoms with van der Waals surface area (Å²) in [7, 11) is 0. The zero-order chi connectivity index (χ0) is 9.84. The molecule has 0 aliphatic carbocycles. The van der Waals surface area contributed by atoms with Gasteiger partial charge < -0.3 is 5.73 Å². The van der Waals surface area contributed by atoms with Crippen LogP contribution in [0, 0.1) is 6.92 Å². The molecule has 0 aliphatic heterocycles. The van der Waals surface area contributed by atoms with E-state index in [9.17, 15) is 0 Å². The van der Waals surface area contributed by atoms with E-state index in [4.69, 9.17) is 5.73 Å². The first-order valence-electron chi connectivity index (χ1n) is 4.29. The second-order valence-corrected chi connectivity index (χ2v) is 4.46. The van der Waals surface area contributed by atoms with Crippen LogP contribution in [0.1, 0.15) is 12.5 Å².